The van der Waals surface area contributed by atoms with Gasteiger partial charge < -0.3 is 9.63 Å². The van der Waals surface area contributed by atoms with Gasteiger partial charge in [0.1, 0.15) is 17.0 Å². The Kier molecular flexibility index (Phi) is 2.28. The third-order valence-electron chi connectivity index (χ3n) is 2.04. The molecule has 5 nitrogen and oxygen atoms in total. The fraction of sp³-hybridized carbons (Fsp3) is 0.222. The average Bonchev–Trinajstić information content (AvgIpc) is 2.71. The molecule has 2 heterocycles. The van der Waals surface area contributed by atoms with E-state index in [0.29, 0.717) is 11.5 Å². The van der Waals surface area contributed by atoms with Crippen LogP contribution in [0.15, 0.2) is 10.0 Å². The van der Waals surface area contributed by atoms with E-state index in [1.807, 2.05) is 6.92 Å². The molecule has 2 aromatic heterocycles. The first-order chi connectivity index (χ1) is 7.11. The van der Waals surface area contributed by atoms with Gasteiger partial charge in [-0.15, -0.1) is 11.3 Å². The van der Waals surface area contributed by atoms with E-state index in [4.69, 9.17) is 9.63 Å². The lowest BCUT2D eigenvalue weighted by Gasteiger charge is -1.94. The van der Waals surface area contributed by atoms with Crippen molar-refractivity contribution in [3.05, 3.63) is 22.5 Å². The Balaban J connectivity index is 2.64. The Morgan fingerprint density at radius 2 is 2.27 bits per heavy atom. The number of carbonyl (C=O) groups is 1. The topological polar surface area (TPSA) is 76.2 Å². The van der Waals surface area contributed by atoms with E-state index in [2.05, 4.69) is 10.1 Å². The highest BCUT2D eigenvalue weighted by atomic mass is 32.1. The lowest BCUT2D eigenvalue weighted by molar-refractivity contribution is 0.0696. The third-order valence-corrected chi connectivity index (χ3v) is 2.97. The van der Waals surface area contributed by atoms with Crippen LogP contribution >= 0.6 is 11.3 Å². The second-order valence-electron chi connectivity index (χ2n) is 3.03. The number of carboxylic acid groups (broad SMARTS) is 1. The fourth-order valence-corrected chi connectivity index (χ4v) is 2.10. The molecule has 0 saturated carbocycles. The molecule has 0 atom stereocenters. The molecule has 0 aromatic carbocycles. The van der Waals surface area contributed by atoms with Crippen LogP contribution in [0.2, 0.25) is 0 Å². The van der Waals surface area contributed by atoms with E-state index in [1.54, 1.807) is 12.4 Å². The largest absolute Gasteiger partial charge is 0.477 e. The monoisotopic (exact) mass is 224 g/mol. The Morgan fingerprint density at radius 1 is 1.53 bits per heavy atom. The molecule has 1 N–H and O–H groups in total. The maximum absolute atomic E-state index is 11.0. The van der Waals surface area contributed by atoms with Crippen LogP contribution in [0.5, 0.6) is 0 Å². The standard InChI is InChI=1S/C9H8N2O3S/c1-4-8(15-3-10-4)7-6(9(12)13)5(2)14-11-7/h3H,1-2H3,(H,12,13). The van der Waals surface area contributed by atoms with E-state index < -0.39 is 5.97 Å². The van der Waals surface area contributed by atoms with E-state index in [9.17, 15) is 4.79 Å². The molecule has 0 fully saturated rings. The summed E-state index contributed by atoms with van der Waals surface area (Å²) >= 11 is 1.35. The number of carboxylic acids is 1. The van der Waals surface area contributed by atoms with Gasteiger partial charge in [0.15, 0.2) is 0 Å². The summed E-state index contributed by atoms with van der Waals surface area (Å²) in [5.41, 5.74) is 2.89. The summed E-state index contributed by atoms with van der Waals surface area (Å²) in [5.74, 6) is -0.721. The van der Waals surface area contributed by atoms with E-state index in [0.717, 1.165) is 10.6 Å². The molecule has 0 radical (unpaired) electrons. The molecule has 2 rings (SSSR count). The predicted molar refractivity (Wildman–Crippen MR) is 54.0 cm³/mol. The summed E-state index contributed by atoms with van der Waals surface area (Å²) in [6.07, 6.45) is 0. The number of hydrogen-bond acceptors (Lipinski definition) is 5. The highest BCUT2D eigenvalue weighted by molar-refractivity contribution is 7.13. The summed E-state index contributed by atoms with van der Waals surface area (Å²) in [7, 11) is 0. The Bertz CT molecular complexity index is 515. The van der Waals surface area contributed by atoms with Gasteiger partial charge in [0.2, 0.25) is 0 Å². The zero-order chi connectivity index (χ0) is 11.0. The van der Waals surface area contributed by atoms with Gasteiger partial charge in [0.25, 0.3) is 0 Å². The number of nitrogens with zero attached hydrogens (tertiary/aromatic N) is 2. The molecular weight excluding hydrogens is 216 g/mol. The molecular formula is C9H8N2O3S. The van der Waals surface area contributed by atoms with Crippen LogP contribution in [0.3, 0.4) is 0 Å². The molecule has 0 aliphatic carbocycles. The second-order valence-corrected chi connectivity index (χ2v) is 3.89. The van der Waals surface area contributed by atoms with Gasteiger partial charge in [-0.2, -0.15) is 0 Å². The molecule has 0 unspecified atom stereocenters. The van der Waals surface area contributed by atoms with Gasteiger partial charge in [0, 0.05) is 0 Å². The molecule has 2 aromatic rings. The Morgan fingerprint density at radius 3 is 2.80 bits per heavy atom. The van der Waals surface area contributed by atoms with Crippen LogP contribution < -0.4 is 0 Å². The van der Waals surface area contributed by atoms with Crippen LogP contribution in [0.1, 0.15) is 21.8 Å². The molecule has 0 amide bonds. The summed E-state index contributed by atoms with van der Waals surface area (Å²) in [6.45, 7) is 3.39. The summed E-state index contributed by atoms with van der Waals surface area (Å²) in [5, 5.41) is 12.8. The average molecular weight is 224 g/mol. The lowest BCUT2D eigenvalue weighted by Crippen LogP contribution is -1.99. The van der Waals surface area contributed by atoms with Crippen LogP contribution in [0.25, 0.3) is 10.6 Å². The van der Waals surface area contributed by atoms with Crippen molar-refractivity contribution >= 4 is 17.3 Å². The number of aromatic nitrogens is 2. The molecule has 0 spiro atoms. The van der Waals surface area contributed by atoms with E-state index in [-0.39, 0.29) is 5.56 Å². The number of aromatic carboxylic acids is 1. The van der Waals surface area contributed by atoms with Gasteiger partial charge in [-0.1, -0.05) is 5.16 Å². The van der Waals surface area contributed by atoms with Crippen LogP contribution in [0, 0.1) is 13.8 Å². The Labute approximate surface area is 89.4 Å². The number of thiazole rings is 1. The first kappa shape index (κ1) is 9.85. The van der Waals surface area contributed by atoms with Crippen molar-refractivity contribution in [1.82, 2.24) is 10.1 Å². The minimum absolute atomic E-state index is 0.113. The lowest BCUT2D eigenvalue weighted by atomic mass is 10.1. The smallest absolute Gasteiger partial charge is 0.341 e. The first-order valence-corrected chi connectivity index (χ1v) is 5.09. The van der Waals surface area contributed by atoms with Crippen molar-refractivity contribution in [3.8, 4) is 10.6 Å². The fourth-order valence-electron chi connectivity index (χ4n) is 1.31. The van der Waals surface area contributed by atoms with E-state index >= 15 is 0 Å². The summed E-state index contributed by atoms with van der Waals surface area (Å²) < 4.78 is 4.88. The Hall–Kier alpha value is -1.69. The predicted octanol–water partition coefficient (Wildman–Crippen LogP) is 2.11. The molecule has 78 valence electrons. The SMILES string of the molecule is Cc1ncsc1-c1noc(C)c1C(=O)O. The molecule has 6 heteroatoms. The molecule has 0 bridgehead atoms. The second kappa shape index (κ2) is 3.47. The number of hydrogen-bond donors (Lipinski definition) is 1. The van der Waals surface area contributed by atoms with E-state index in [1.165, 1.54) is 11.3 Å². The highest BCUT2D eigenvalue weighted by Crippen LogP contribution is 2.30. The summed E-state index contributed by atoms with van der Waals surface area (Å²) in [6, 6.07) is 0. The quantitative estimate of drug-likeness (QED) is 0.845. The van der Waals surface area contributed by atoms with Gasteiger partial charge in [0.05, 0.1) is 16.1 Å². The van der Waals surface area contributed by atoms with Crippen molar-refractivity contribution in [2.75, 3.05) is 0 Å². The van der Waals surface area contributed by atoms with Crippen molar-refractivity contribution < 1.29 is 14.4 Å². The number of rotatable bonds is 2. The molecule has 0 aliphatic heterocycles. The minimum Gasteiger partial charge on any atom is -0.477 e. The van der Waals surface area contributed by atoms with Gasteiger partial charge in [-0.25, -0.2) is 9.78 Å². The molecule has 0 aliphatic rings. The maximum Gasteiger partial charge on any atom is 0.341 e. The number of aryl methyl sites for hydroxylation is 2. The zero-order valence-corrected chi connectivity index (χ0v) is 8.96. The third kappa shape index (κ3) is 1.52. The minimum atomic E-state index is -1.03. The first-order valence-electron chi connectivity index (χ1n) is 4.21. The normalized spacial score (nSPS) is 10.5. The van der Waals surface area contributed by atoms with Gasteiger partial charge in [-0.05, 0) is 13.8 Å². The van der Waals surface area contributed by atoms with Crippen molar-refractivity contribution in [2.24, 2.45) is 0 Å². The van der Waals surface area contributed by atoms with Crippen molar-refractivity contribution in [1.29, 1.82) is 0 Å². The highest BCUT2D eigenvalue weighted by Gasteiger charge is 2.23. The van der Waals surface area contributed by atoms with Crippen molar-refractivity contribution in [3.63, 3.8) is 0 Å². The van der Waals surface area contributed by atoms with Crippen LogP contribution in [-0.2, 0) is 0 Å². The van der Waals surface area contributed by atoms with Crippen LogP contribution in [-0.4, -0.2) is 21.2 Å². The van der Waals surface area contributed by atoms with Crippen LogP contribution in [0.4, 0.5) is 0 Å². The molecule has 15 heavy (non-hydrogen) atoms. The zero-order valence-electron chi connectivity index (χ0n) is 8.14. The maximum atomic E-state index is 11.0. The molecule has 0 saturated heterocycles. The van der Waals surface area contributed by atoms with Crippen molar-refractivity contribution in [2.45, 2.75) is 13.8 Å². The van der Waals surface area contributed by atoms with Gasteiger partial charge in [-0.3, -0.25) is 0 Å². The van der Waals surface area contributed by atoms with Gasteiger partial charge >= 0.3 is 5.97 Å². The summed E-state index contributed by atoms with van der Waals surface area (Å²) in [4.78, 5) is 15.8.